The number of ether oxygens (including phenoxy) is 1. The molecule has 0 radical (unpaired) electrons. The van der Waals surface area contributed by atoms with Crippen LogP contribution in [0.5, 0.6) is 0 Å². The van der Waals surface area contributed by atoms with Crippen molar-refractivity contribution in [2.45, 2.75) is 20.3 Å². The normalized spacial score (nSPS) is 10.7. The smallest absolute Gasteiger partial charge is 0.128 e. The molecular formula is C12H21N3O. The molecule has 0 unspecified atom stereocenters. The predicted octanol–water partition coefficient (Wildman–Crippen LogP) is 2.14. The summed E-state index contributed by atoms with van der Waals surface area (Å²) in [6, 6.07) is 5.54. The van der Waals surface area contributed by atoms with Crippen LogP contribution in [0.3, 0.4) is 0 Å². The molecule has 0 bridgehead atoms. The van der Waals surface area contributed by atoms with Crippen LogP contribution < -0.4 is 11.1 Å². The van der Waals surface area contributed by atoms with Gasteiger partial charge in [0, 0.05) is 13.2 Å². The van der Waals surface area contributed by atoms with E-state index in [9.17, 15) is 0 Å². The summed E-state index contributed by atoms with van der Waals surface area (Å²) in [5, 5.41) is 3.16. The zero-order chi connectivity index (χ0) is 11.8. The fourth-order valence-electron chi connectivity index (χ4n) is 1.22. The Morgan fingerprint density at radius 3 is 2.88 bits per heavy atom. The van der Waals surface area contributed by atoms with E-state index in [1.165, 1.54) is 0 Å². The second-order valence-electron chi connectivity index (χ2n) is 4.17. The Labute approximate surface area is 97.2 Å². The molecular weight excluding hydrogens is 202 g/mol. The van der Waals surface area contributed by atoms with Crippen LogP contribution in [0.25, 0.3) is 0 Å². The number of nitrogens with two attached hydrogens (primary N) is 1. The lowest BCUT2D eigenvalue weighted by atomic mass is 10.1. The summed E-state index contributed by atoms with van der Waals surface area (Å²) in [6.07, 6.45) is 1.11. The van der Waals surface area contributed by atoms with Crippen LogP contribution >= 0.6 is 0 Å². The average molecular weight is 223 g/mol. The molecule has 0 aliphatic heterocycles. The van der Waals surface area contributed by atoms with Crippen molar-refractivity contribution in [2.24, 2.45) is 5.92 Å². The fraction of sp³-hybridized carbons (Fsp3) is 0.583. The van der Waals surface area contributed by atoms with Gasteiger partial charge < -0.3 is 15.8 Å². The van der Waals surface area contributed by atoms with Crippen LogP contribution in [0.1, 0.15) is 20.3 Å². The summed E-state index contributed by atoms with van der Waals surface area (Å²) in [6.45, 7) is 6.66. The third kappa shape index (κ3) is 5.56. The van der Waals surface area contributed by atoms with E-state index in [1.54, 1.807) is 6.07 Å². The number of nitrogen functional groups attached to an aromatic ring is 1. The maximum atomic E-state index is 5.56. The number of nitrogens with one attached hydrogen (secondary N) is 1. The van der Waals surface area contributed by atoms with Crippen molar-refractivity contribution in [3.8, 4) is 0 Å². The lowest BCUT2D eigenvalue weighted by molar-refractivity contribution is 0.132. The Balaban J connectivity index is 2.07. The van der Waals surface area contributed by atoms with Gasteiger partial charge in [0.2, 0.25) is 0 Å². The Morgan fingerprint density at radius 1 is 1.38 bits per heavy atom. The number of rotatable bonds is 7. The SMILES string of the molecule is CC(C)CCOCCNc1cccc(N)n1. The minimum atomic E-state index is 0.533. The highest BCUT2D eigenvalue weighted by Crippen LogP contribution is 2.05. The zero-order valence-corrected chi connectivity index (χ0v) is 10.1. The molecule has 0 aromatic carbocycles. The molecule has 0 aliphatic carbocycles. The molecule has 4 nitrogen and oxygen atoms in total. The Morgan fingerprint density at radius 2 is 2.19 bits per heavy atom. The van der Waals surface area contributed by atoms with Crippen molar-refractivity contribution in [3.63, 3.8) is 0 Å². The minimum absolute atomic E-state index is 0.533. The summed E-state index contributed by atoms with van der Waals surface area (Å²) in [5.74, 6) is 2.03. The lowest BCUT2D eigenvalue weighted by Gasteiger charge is -2.08. The number of aromatic nitrogens is 1. The van der Waals surface area contributed by atoms with Crippen molar-refractivity contribution in [2.75, 3.05) is 30.8 Å². The van der Waals surface area contributed by atoms with Gasteiger partial charge in [-0.25, -0.2) is 4.98 Å². The van der Waals surface area contributed by atoms with E-state index in [4.69, 9.17) is 10.5 Å². The molecule has 16 heavy (non-hydrogen) atoms. The summed E-state index contributed by atoms with van der Waals surface area (Å²) in [4.78, 5) is 4.13. The van der Waals surface area contributed by atoms with Gasteiger partial charge in [-0.1, -0.05) is 19.9 Å². The molecule has 0 saturated heterocycles. The van der Waals surface area contributed by atoms with E-state index in [-0.39, 0.29) is 0 Å². The van der Waals surface area contributed by atoms with Crippen LogP contribution in [0.2, 0.25) is 0 Å². The Bertz CT molecular complexity index is 302. The third-order valence-electron chi connectivity index (χ3n) is 2.16. The van der Waals surface area contributed by atoms with Crippen molar-refractivity contribution in [3.05, 3.63) is 18.2 Å². The fourth-order valence-corrected chi connectivity index (χ4v) is 1.22. The van der Waals surface area contributed by atoms with E-state index >= 15 is 0 Å². The summed E-state index contributed by atoms with van der Waals surface area (Å²) >= 11 is 0. The summed E-state index contributed by atoms with van der Waals surface area (Å²) in [5.41, 5.74) is 5.56. The van der Waals surface area contributed by atoms with Gasteiger partial charge in [0.15, 0.2) is 0 Å². The highest BCUT2D eigenvalue weighted by atomic mass is 16.5. The van der Waals surface area contributed by atoms with E-state index in [0.29, 0.717) is 18.3 Å². The topological polar surface area (TPSA) is 60.2 Å². The van der Waals surface area contributed by atoms with Gasteiger partial charge in [-0.15, -0.1) is 0 Å². The van der Waals surface area contributed by atoms with Gasteiger partial charge >= 0.3 is 0 Å². The highest BCUT2D eigenvalue weighted by Gasteiger charge is 1.95. The van der Waals surface area contributed by atoms with Crippen LogP contribution in [-0.4, -0.2) is 24.7 Å². The van der Waals surface area contributed by atoms with Crippen LogP contribution in [0.15, 0.2) is 18.2 Å². The molecule has 1 aromatic heterocycles. The molecule has 0 fully saturated rings. The minimum Gasteiger partial charge on any atom is -0.384 e. The molecule has 0 atom stereocenters. The highest BCUT2D eigenvalue weighted by molar-refractivity contribution is 5.41. The first-order valence-corrected chi connectivity index (χ1v) is 5.72. The molecule has 90 valence electrons. The molecule has 4 heteroatoms. The number of anilines is 2. The Hall–Kier alpha value is -1.29. The van der Waals surface area contributed by atoms with Gasteiger partial charge in [-0.2, -0.15) is 0 Å². The third-order valence-corrected chi connectivity index (χ3v) is 2.16. The predicted molar refractivity (Wildman–Crippen MR) is 67.4 cm³/mol. The number of pyridine rings is 1. The van der Waals surface area contributed by atoms with Crippen molar-refractivity contribution >= 4 is 11.6 Å². The quantitative estimate of drug-likeness (QED) is 0.695. The molecule has 1 aromatic rings. The number of hydrogen-bond donors (Lipinski definition) is 2. The first kappa shape index (κ1) is 12.8. The van der Waals surface area contributed by atoms with Gasteiger partial charge in [0.25, 0.3) is 0 Å². The number of hydrogen-bond acceptors (Lipinski definition) is 4. The largest absolute Gasteiger partial charge is 0.384 e. The van der Waals surface area contributed by atoms with Crippen molar-refractivity contribution in [1.29, 1.82) is 0 Å². The van der Waals surface area contributed by atoms with Crippen LogP contribution in [0.4, 0.5) is 11.6 Å². The summed E-state index contributed by atoms with van der Waals surface area (Å²) in [7, 11) is 0. The zero-order valence-electron chi connectivity index (χ0n) is 10.1. The maximum Gasteiger partial charge on any atom is 0.128 e. The monoisotopic (exact) mass is 223 g/mol. The first-order chi connectivity index (χ1) is 7.68. The second-order valence-corrected chi connectivity index (χ2v) is 4.17. The van der Waals surface area contributed by atoms with Crippen LogP contribution in [-0.2, 0) is 4.74 Å². The molecule has 0 aliphatic rings. The molecule has 3 N–H and O–H groups in total. The molecule has 0 saturated carbocycles. The molecule has 1 rings (SSSR count). The van der Waals surface area contributed by atoms with Gasteiger partial charge in [-0.05, 0) is 24.5 Å². The Kier molecular flexibility index (Phi) is 5.64. The lowest BCUT2D eigenvalue weighted by Crippen LogP contribution is -2.11. The van der Waals surface area contributed by atoms with Gasteiger partial charge in [0.05, 0.1) is 6.61 Å². The molecule has 1 heterocycles. The van der Waals surface area contributed by atoms with E-state index in [0.717, 1.165) is 25.4 Å². The van der Waals surface area contributed by atoms with Crippen LogP contribution in [0, 0.1) is 5.92 Å². The second kappa shape index (κ2) is 7.06. The molecule has 0 spiro atoms. The number of nitrogens with zero attached hydrogens (tertiary/aromatic N) is 1. The maximum absolute atomic E-state index is 5.56. The van der Waals surface area contributed by atoms with E-state index in [1.807, 2.05) is 12.1 Å². The standard InChI is InChI=1S/C12H21N3O/c1-10(2)6-8-16-9-7-14-12-5-3-4-11(13)15-12/h3-5,10H,6-9H2,1-2H3,(H3,13,14,15). The summed E-state index contributed by atoms with van der Waals surface area (Å²) < 4.78 is 5.47. The molecule has 0 amide bonds. The van der Waals surface area contributed by atoms with Gasteiger partial charge in [0.1, 0.15) is 11.6 Å². The van der Waals surface area contributed by atoms with Crippen molar-refractivity contribution in [1.82, 2.24) is 4.98 Å². The van der Waals surface area contributed by atoms with Crippen molar-refractivity contribution < 1.29 is 4.74 Å². The van der Waals surface area contributed by atoms with E-state index < -0.39 is 0 Å². The average Bonchev–Trinajstić information content (AvgIpc) is 2.23. The van der Waals surface area contributed by atoms with Gasteiger partial charge in [-0.3, -0.25) is 0 Å². The van der Waals surface area contributed by atoms with E-state index in [2.05, 4.69) is 24.1 Å². The first-order valence-electron chi connectivity index (χ1n) is 5.72.